The highest BCUT2D eigenvalue weighted by atomic mass is 16.5. The highest BCUT2D eigenvalue weighted by molar-refractivity contribution is 5.92. The second-order valence-corrected chi connectivity index (χ2v) is 6.10. The van der Waals surface area contributed by atoms with Gasteiger partial charge in [-0.2, -0.15) is 5.10 Å². The summed E-state index contributed by atoms with van der Waals surface area (Å²) in [5.74, 6) is 0.670. The maximum Gasteiger partial charge on any atom is 0.271 e. The van der Waals surface area contributed by atoms with Gasteiger partial charge in [-0.3, -0.25) is 14.7 Å². The van der Waals surface area contributed by atoms with E-state index < -0.39 is 0 Å². The van der Waals surface area contributed by atoms with Crippen molar-refractivity contribution in [2.24, 2.45) is 5.92 Å². The maximum atomic E-state index is 12.1. The van der Waals surface area contributed by atoms with Crippen molar-refractivity contribution in [1.29, 1.82) is 0 Å². The molecule has 1 unspecified atom stereocenters. The van der Waals surface area contributed by atoms with Gasteiger partial charge in [0.25, 0.3) is 5.91 Å². The summed E-state index contributed by atoms with van der Waals surface area (Å²) in [6, 6.07) is 1.83. The van der Waals surface area contributed by atoms with Crippen molar-refractivity contribution in [3.8, 4) is 0 Å². The first-order chi connectivity index (χ1) is 10.7. The van der Waals surface area contributed by atoms with Crippen LogP contribution >= 0.6 is 0 Å². The molecule has 1 atom stereocenters. The van der Waals surface area contributed by atoms with Crippen LogP contribution < -0.4 is 5.32 Å². The molecule has 1 aliphatic heterocycles. The van der Waals surface area contributed by atoms with Crippen molar-refractivity contribution in [2.75, 3.05) is 33.4 Å². The number of carbonyl (C=O) groups excluding carboxylic acids is 2. The van der Waals surface area contributed by atoms with Gasteiger partial charge in [0.15, 0.2) is 0 Å². The normalized spacial score (nSPS) is 21.4. The number of amides is 2. The van der Waals surface area contributed by atoms with Crippen molar-refractivity contribution in [2.45, 2.75) is 25.2 Å². The first-order valence-electron chi connectivity index (χ1n) is 7.77. The number of hydrogen-bond acceptors (Lipinski definition) is 4. The smallest absolute Gasteiger partial charge is 0.271 e. The van der Waals surface area contributed by atoms with Crippen LogP contribution in [0.2, 0.25) is 0 Å². The number of ether oxygens (including phenoxy) is 1. The van der Waals surface area contributed by atoms with Gasteiger partial charge in [0.1, 0.15) is 5.69 Å². The molecular weight excluding hydrogens is 284 g/mol. The zero-order valence-corrected chi connectivity index (χ0v) is 12.8. The van der Waals surface area contributed by atoms with Gasteiger partial charge in [-0.15, -0.1) is 0 Å². The van der Waals surface area contributed by atoms with Crippen molar-refractivity contribution in [1.82, 2.24) is 20.4 Å². The van der Waals surface area contributed by atoms with Crippen LogP contribution in [0.25, 0.3) is 0 Å². The van der Waals surface area contributed by atoms with E-state index >= 15 is 0 Å². The van der Waals surface area contributed by atoms with E-state index in [0.29, 0.717) is 44.3 Å². The SMILES string of the molecule is COCCN1CC(CNC(=O)c2cc(C3CC3)[nH]n2)CC1=O. The summed E-state index contributed by atoms with van der Waals surface area (Å²) < 4.78 is 4.99. The van der Waals surface area contributed by atoms with E-state index in [0.717, 1.165) is 5.69 Å². The second kappa shape index (κ2) is 6.48. The lowest BCUT2D eigenvalue weighted by molar-refractivity contribution is -0.128. The molecule has 3 rings (SSSR count). The molecule has 2 N–H and O–H groups in total. The zero-order chi connectivity index (χ0) is 15.5. The topological polar surface area (TPSA) is 87.3 Å². The number of nitrogens with one attached hydrogen (secondary N) is 2. The van der Waals surface area contributed by atoms with Crippen LogP contribution in [-0.4, -0.2) is 60.3 Å². The predicted octanol–water partition coefficient (Wildman–Crippen LogP) is 0.512. The van der Waals surface area contributed by atoms with Crippen molar-refractivity contribution in [3.05, 3.63) is 17.5 Å². The van der Waals surface area contributed by atoms with E-state index in [1.807, 2.05) is 6.07 Å². The van der Waals surface area contributed by atoms with E-state index in [1.165, 1.54) is 12.8 Å². The molecule has 1 aromatic heterocycles. The van der Waals surface area contributed by atoms with E-state index in [9.17, 15) is 9.59 Å². The maximum absolute atomic E-state index is 12.1. The van der Waals surface area contributed by atoms with E-state index in [-0.39, 0.29) is 17.7 Å². The Hall–Kier alpha value is -1.89. The Labute approximate surface area is 129 Å². The molecule has 2 heterocycles. The average Bonchev–Trinajstić information content (AvgIpc) is 3.13. The molecule has 22 heavy (non-hydrogen) atoms. The van der Waals surface area contributed by atoms with Crippen LogP contribution in [0.1, 0.15) is 41.4 Å². The number of methoxy groups -OCH3 is 1. The molecule has 0 radical (unpaired) electrons. The summed E-state index contributed by atoms with van der Waals surface area (Å²) >= 11 is 0. The van der Waals surface area contributed by atoms with Gasteiger partial charge in [0, 0.05) is 50.7 Å². The average molecular weight is 306 g/mol. The number of aromatic nitrogens is 2. The Morgan fingerprint density at radius 1 is 1.55 bits per heavy atom. The molecule has 2 amide bonds. The molecule has 1 saturated heterocycles. The van der Waals surface area contributed by atoms with E-state index in [2.05, 4.69) is 15.5 Å². The monoisotopic (exact) mass is 306 g/mol. The van der Waals surface area contributed by atoms with Crippen molar-refractivity contribution >= 4 is 11.8 Å². The largest absolute Gasteiger partial charge is 0.383 e. The van der Waals surface area contributed by atoms with Crippen molar-refractivity contribution < 1.29 is 14.3 Å². The van der Waals surface area contributed by atoms with E-state index in [4.69, 9.17) is 4.74 Å². The summed E-state index contributed by atoms with van der Waals surface area (Å²) in [6.07, 6.45) is 2.83. The van der Waals surface area contributed by atoms with Gasteiger partial charge in [-0.1, -0.05) is 0 Å². The summed E-state index contributed by atoms with van der Waals surface area (Å²) in [6.45, 7) is 2.34. The second-order valence-electron chi connectivity index (χ2n) is 6.10. The van der Waals surface area contributed by atoms with Gasteiger partial charge in [0.05, 0.1) is 6.61 Å². The number of hydrogen-bond donors (Lipinski definition) is 2. The minimum absolute atomic E-state index is 0.132. The zero-order valence-electron chi connectivity index (χ0n) is 12.8. The minimum Gasteiger partial charge on any atom is -0.383 e. The molecule has 0 bridgehead atoms. The molecule has 1 saturated carbocycles. The number of nitrogens with zero attached hydrogens (tertiary/aromatic N) is 2. The summed E-state index contributed by atoms with van der Waals surface area (Å²) in [5, 5.41) is 9.87. The van der Waals surface area contributed by atoms with Crippen LogP contribution in [0.4, 0.5) is 0 Å². The van der Waals surface area contributed by atoms with Crippen LogP contribution in [0.3, 0.4) is 0 Å². The lowest BCUT2D eigenvalue weighted by Gasteiger charge is -2.16. The van der Waals surface area contributed by atoms with Gasteiger partial charge in [-0.05, 0) is 18.9 Å². The highest BCUT2D eigenvalue weighted by Gasteiger charge is 2.30. The highest BCUT2D eigenvalue weighted by Crippen LogP contribution is 2.38. The summed E-state index contributed by atoms with van der Waals surface area (Å²) in [4.78, 5) is 25.7. The fraction of sp³-hybridized carbons (Fsp3) is 0.667. The quantitative estimate of drug-likeness (QED) is 0.768. The summed E-state index contributed by atoms with van der Waals surface area (Å²) in [7, 11) is 1.62. The Balaban J connectivity index is 1.45. The molecule has 2 aliphatic rings. The lowest BCUT2D eigenvalue weighted by Crippen LogP contribution is -2.32. The molecule has 7 nitrogen and oxygen atoms in total. The third-order valence-electron chi connectivity index (χ3n) is 4.26. The molecule has 120 valence electrons. The first kappa shape index (κ1) is 15.0. The Kier molecular flexibility index (Phi) is 4.42. The standard InChI is InChI=1S/C15H22N4O3/c1-22-5-4-19-9-10(6-14(19)20)8-16-15(21)13-7-12(17-18-13)11-2-3-11/h7,10-11H,2-6,8-9H2,1H3,(H,16,21)(H,17,18). The molecule has 0 spiro atoms. The van der Waals surface area contributed by atoms with Gasteiger partial charge >= 0.3 is 0 Å². The number of carbonyl (C=O) groups is 2. The molecular formula is C15H22N4O3. The van der Waals surface area contributed by atoms with Crippen LogP contribution in [-0.2, 0) is 9.53 Å². The third-order valence-corrected chi connectivity index (χ3v) is 4.26. The first-order valence-corrected chi connectivity index (χ1v) is 7.77. The molecule has 7 heteroatoms. The van der Waals surface area contributed by atoms with Crippen LogP contribution in [0.5, 0.6) is 0 Å². The molecule has 0 aromatic carbocycles. The van der Waals surface area contributed by atoms with Gasteiger partial charge in [-0.25, -0.2) is 0 Å². The van der Waals surface area contributed by atoms with Crippen LogP contribution in [0, 0.1) is 5.92 Å². The number of likely N-dealkylation sites (tertiary alicyclic amines) is 1. The summed E-state index contributed by atoms with van der Waals surface area (Å²) in [5.41, 5.74) is 1.48. The van der Waals surface area contributed by atoms with Crippen LogP contribution in [0.15, 0.2) is 6.07 Å². The molecule has 1 aliphatic carbocycles. The Bertz CT molecular complexity index is 553. The fourth-order valence-corrected chi connectivity index (χ4v) is 2.79. The number of rotatable bonds is 7. The van der Waals surface area contributed by atoms with Gasteiger partial charge < -0.3 is 15.0 Å². The third kappa shape index (κ3) is 3.47. The van der Waals surface area contributed by atoms with Gasteiger partial charge in [0.2, 0.25) is 5.91 Å². The predicted molar refractivity (Wildman–Crippen MR) is 79.5 cm³/mol. The molecule has 1 aromatic rings. The molecule has 2 fully saturated rings. The number of aromatic amines is 1. The van der Waals surface area contributed by atoms with Crippen molar-refractivity contribution in [3.63, 3.8) is 0 Å². The fourth-order valence-electron chi connectivity index (χ4n) is 2.79. The Morgan fingerprint density at radius 3 is 3.09 bits per heavy atom. The van der Waals surface area contributed by atoms with E-state index in [1.54, 1.807) is 12.0 Å². The lowest BCUT2D eigenvalue weighted by atomic mass is 10.1. The minimum atomic E-state index is -0.175. The Morgan fingerprint density at radius 2 is 2.36 bits per heavy atom. The number of H-pyrrole nitrogens is 1.